The monoisotopic (exact) mass is 330 g/mol. The van der Waals surface area contributed by atoms with E-state index in [1.54, 1.807) is 7.11 Å². The molecule has 0 amide bonds. The number of rotatable bonds is 5. The topological polar surface area (TPSA) is 46.5 Å². The molecule has 2 aromatic carbocycles. The van der Waals surface area contributed by atoms with Gasteiger partial charge in [0.05, 0.1) is 19.0 Å². The molecule has 2 unspecified atom stereocenters. The zero-order valence-electron chi connectivity index (χ0n) is 13.3. The molecule has 0 saturated heterocycles. The van der Waals surface area contributed by atoms with Crippen molar-refractivity contribution in [2.24, 2.45) is 0 Å². The Bertz CT molecular complexity index is 680. The standard InChI is InChI=1S/C19H22O3S/c1-22-17-10-8-14(9-11-17)13-23(21)18-7-3-5-15-4-2-6-16(12-20)19(15)18/h2,4,6,8-11,18,20H,3,5,7,12-13H2,1H3. The van der Waals surface area contributed by atoms with Gasteiger partial charge < -0.3 is 9.84 Å². The van der Waals surface area contributed by atoms with Gasteiger partial charge in [0.1, 0.15) is 5.75 Å². The number of aliphatic hydroxyl groups is 1. The normalized spacial score (nSPS) is 18.3. The molecule has 4 heteroatoms. The number of hydrogen-bond donors (Lipinski definition) is 1. The molecule has 0 bridgehead atoms. The first-order valence-corrected chi connectivity index (χ1v) is 9.32. The van der Waals surface area contributed by atoms with Gasteiger partial charge in [0.15, 0.2) is 0 Å². The molecule has 23 heavy (non-hydrogen) atoms. The number of methoxy groups -OCH3 is 1. The molecule has 1 aliphatic rings. The number of fused-ring (bicyclic) bond motifs is 1. The minimum atomic E-state index is -0.991. The second kappa shape index (κ2) is 7.28. The van der Waals surface area contributed by atoms with Crippen LogP contribution in [0, 0.1) is 0 Å². The second-order valence-electron chi connectivity index (χ2n) is 5.90. The minimum absolute atomic E-state index is 0.0133. The zero-order chi connectivity index (χ0) is 16.2. The number of benzene rings is 2. The van der Waals surface area contributed by atoms with Crippen LogP contribution in [0.5, 0.6) is 5.75 Å². The van der Waals surface area contributed by atoms with E-state index in [0.29, 0.717) is 5.75 Å². The molecule has 3 rings (SSSR count). The maximum atomic E-state index is 13.0. The number of aliphatic hydroxyl groups excluding tert-OH is 1. The fourth-order valence-corrected chi connectivity index (χ4v) is 5.02. The molecule has 0 aliphatic heterocycles. The molecular formula is C19H22O3S. The lowest BCUT2D eigenvalue weighted by molar-refractivity contribution is 0.280. The Morgan fingerprint density at radius 3 is 2.70 bits per heavy atom. The van der Waals surface area contributed by atoms with Crippen molar-refractivity contribution in [2.45, 2.75) is 36.9 Å². The van der Waals surface area contributed by atoms with Crippen molar-refractivity contribution in [3.05, 3.63) is 64.7 Å². The van der Waals surface area contributed by atoms with E-state index in [4.69, 9.17) is 4.74 Å². The van der Waals surface area contributed by atoms with Gasteiger partial charge in [0.2, 0.25) is 0 Å². The first-order chi connectivity index (χ1) is 11.2. The Kier molecular flexibility index (Phi) is 5.13. The van der Waals surface area contributed by atoms with Crippen LogP contribution in [0.3, 0.4) is 0 Å². The maximum Gasteiger partial charge on any atom is 0.118 e. The highest BCUT2D eigenvalue weighted by Gasteiger charge is 2.27. The number of ether oxygens (including phenoxy) is 1. The Morgan fingerprint density at radius 2 is 2.00 bits per heavy atom. The van der Waals surface area contributed by atoms with Crippen LogP contribution in [-0.2, 0) is 29.6 Å². The SMILES string of the molecule is COc1ccc(CS(=O)C2CCCc3cccc(CO)c32)cc1. The fraction of sp³-hybridized carbons (Fsp3) is 0.368. The Hall–Kier alpha value is -1.65. The number of aryl methyl sites for hydroxylation is 1. The molecule has 122 valence electrons. The fourth-order valence-electron chi connectivity index (χ4n) is 3.31. The van der Waals surface area contributed by atoms with Gasteiger partial charge in [-0.05, 0) is 53.6 Å². The molecule has 0 spiro atoms. The summed E-state index contributed by atoms with van der Waals surface area (Å²) in [6.45, 7) is 0.0133. The van der Waals surface area contributed by atoms with E-state index in [-0.39, 0.29) is 11.9 Å². The quantitative estimate of drug-likeness (QED) is 0.912. The molecule has 0 radical (unpaired) electrons. The average molecular weight is 330 g/mol. The molecular weight excluding hydrogens is 308 g/mol. The van der Waals surface area contributed by atoms with Gasteiger partial charge in [-0.25, -0.2) is 0 Å². The van der Waals surface area contributed by atoms with Crippen LogP contribution in [0.4, 0.5) is 0 Å². The summed E-state index contributed by atoms with van der Waals surface area (Å²) < 4.78 is 18.1. The molecule has 1 aliphatic carbocycles. The van der Waals surface area contributed by atoms with Gasteiger partial charge in [-0.3, -0.25) is 4.21 Å². The van der Waals surface area contributed by atoms with Crippen molar-refractivity contribution in [2.75, 3.05) is 7.11 Å². The van der Waals surface area contributed by atoms with Gasteiger partial charge in [-0.15, -0.1) is 0 Å². The van der Waals surface area contributed by atoms with Crippen LogP contribution in [0.2, 0.25) is 0 Å². The summed E-state index contributed by atoms with van der Waals surface area (Å²) in [6.07, 6.45) is 2.99. The molecule has 0 saturated carbocycles. The summed E-state index contributed by atoms with van der Waals surface area (Å²) in [5, 5.41) is 9.65. The van der Waals surface area contributed by atoms with Gasteiger partial charge in [-0.1, -0.05) is 30.3 Å². The maximum absolute atomic E-state index is 13.0. The van der Waals surface area contributed by atoms with Crippen LogP contribution >= 0.6 is 0 Å². The van der Waals surface area contributed by atoms with Gasteiger partial charge in [0.25, 0.3) is 0 Å². The van der Waals surface area contributed by atoms with Crippen molar-refractivity contribution < 1.29 is 14.1 Å². The molecule has 1 N–H and O–H groups in total. The van der Waals surface area contributed by atoms with Crippen molar-refractivity contribution in [3.8, 4) is 5.75 Å². The Morgan fingerprint density at radius 1 is 1.22 bits per heavy atom. The highest BCUT2D eigenvalue weighted by molar-refractivity contribution is 7.84. The summed E-state index contributed by atoms with van der Waals surface area (Å²) >= 11 is 0. The first kappa shape index (κ1) is 16.2. The Labute approximate surface area is 139 Å². The molecule has 2 atom stereocenters. The summed E-state index contributed by atoms with van der Waals surface area (Å²) in [5.41, 5.74) is 4.34. The second-order valence-corrected chi connectivity index (χ2v) is 7.52. The largest absolute Gasteiger partial charge is 0.497 e. The van der Waals surface area contributed by atoms with Gasteiger partial charge >= 0.3 is 0 Å². The lowest BCUT2D eigenvalue weighted by Crippen LogP contribution is -2.18. The van der Waals surface area contributed by atoms with E-state index >= 15 is 0 Å². The van der Waals surface area contributed by atoms with Crippen LogP contribution in [-0.4, -0.2) is 16.4 Å². The third-order valence-electron chi connectivity index (χ3n) is 4.48. The lowest BCUT2D eigenvalue weighted by atomic mass is 9.88. The van der Waals surface area contributed by atoms with Crippen molar-refractivity contribution >= 4 is 10.8 Å². The third-order valence-corrected chi connectivity index (χ3v) is 6.20. The predicted octanol–water partition coefficient (Wildman–Crippen LogP) is 3.51. The van der Waals surface area contributed by atoms with Crippen LogP contribution < -0.4 is 4.74 Å². The summed E-state index contributed by atoms with van der Waals surface area (Å²) in [7, 11) is 0.650. The summed E-state index contributed by atoms with van der Waals surface area (Å²) in [4.78, 5) is 0. The van der Waals surface area contributed by atoms with E-state index in [1.807, 2.05) is 36.4 Å². The highest BCUT2D eigenvalue weighted by atomic mass is 32.2. The summed E-state index contributed by atoms with van der Waals surface area (Å²) in [6, 6.07) is 13.8. The van der Waals surface area contributed by atoms with E-state index in [1.165, 1.54) is 5.56 Å². The van der Waals surface area contributed by atoms with Crippen molar-refractivity contribution in [1.29, 1.82) is 0 Å². The van der Waals surface area contributed by atoms with Crippen LogP contribution in [0.15, 0.2) is 42.5 Å². The minimum Gasteiger partial charge on any atom is -0.497 e. The Balaban J connectivity index is 1.83. The van der Waals surface area contributed by atoms with Crippen molar-refractivity contribution in [3.63, 3.8) is 0 Å². The summed E-state index contributed by atoms with van der Waals surface area (Å²) in [5.74, 6) is 1.35. The predicted molar refractivity (Wildman–Crippen MR) is 92.9 cm³/mol. The highest BCUT2D eigenvalue weighted by Crippen LogP contribution is 2.37. The first-order valence-electron chi connectivity index (χ1n) is 7.94. The van der Waals surface area contributed by atoms with Gasteiger partial charge in [-0.2, -0.15) is 0 Å². The molecule has 0 heterocycles. The lowest BCUT2D eigenvalue weighted by Gasteiger charge is -2.27. The average Bonchev–Trinajstić information content (AvgIpc) is 2.61. The molecule has 3 nitrogen and oxygen atoms in total. The molecule has 2 aromatic rings. The van der Waals surface area contributed by atoms with Gasteiger partial charge in [0, 0.05) is 16.6 Å². The molecule has 0 aromatic heterocycles. The smallest absolute Gasteiger partial charge is 0.118 e. The zero-order valence-corrected chi connectivity index (χ0v) is 14.1. The van der Waals surface area contributed by atoms with Crippen LogP contribution in [0.25, 0.3) is 0 Å². The van der Waals surface area contributed by atoms with E-state index in [0.717, 1.165) is 41.7 Å². The van der Waals surface area contributed by atoms with E-state index in [9.17, 15) is 9.32 Å². The third kappa shape index (κ3) is 3.48. The van der Waals surface area contributed by atoms with Crippen molar-refractivity contribution in [1.82, 2.24) is 0 Å². The van der Waals surface area contributed by atoms with E-state index < -0.39 is 10.8 Å². The molecule has 0 fully saturated rings. The van der Waals surface area contributed by atoms with Crippen LogP contribution in [0.1, 0.15) is 40.3 Å². The number of hydrogen-bond acceptors (Lipinski definition) is 3. The van der Waals surface area contributed by atoms with E-state index in [2.05, 4.69) is 6.07 Å².